The Hall–Kier alpha value is -2.29. The Bertz CT molecular complexity index is 1230. The van der Waals surface area contributed by atoms with Crippen molar-refractivity contribution >= 4 is 43.5 Å². The van der Waals surface area contributed by atoms with Gasteiger partial charge in [0.05, 0.1) is 22.4 Å². The van der Waals surface area contributed by atoms with E-state index in [9.17, 15) is 18.0 Å². The molecule has 4 atom stereocenters. The summed E-state index contributed by atoms with van der Waals surface area (Å²) in [6.45, 7) is 2.39. The van der Waals surface area contributed by atoms with E-state index in [-0.39, 0.29) is 41.6 Å². The molecule has 2 saturated heterocycles. The molecule has 2 amide bonds. The SMILES string of the molecule is Cc1ccc(S(=O)(=O)N2CC3=C[C@@H](CCBr)[C@H]4C(=O)N(c5ccccc5)C(=O)[C@H]4[C@H]3C2)cc1. The molecular weight excluding hydrogens is 504 g/mol. The van der Waals surface area contributed by atoms with Crippen molar-refractivity contribution in [2.45, 2.75) is 18.2 Å². The molecule has 0 saturated carbocycles. The van der Waals surface area contributed by atoms with Gasteiger partial charge in [0.2, 0.25) is 21.8 Å². The minimum absolute atomic E-state index is 0.104. The van der Waals surface area contributed by atoms with Crippen LogP contribution in [0.15, 0.2) is 71.1 Å². The van der Waals surface area contributed by atoms with Crippen LogP contribution in [0, 0.1) is 30.6 Å². The Kier molecular flexibility index (Phi) is 5.79. The first-order valence-corrected chi connectivity index (χ1v) is 13.7. The number of aryl methyl sites for hydroxylation is 1. The van der Waals surface area contributed by atoms with E-state index in [2.05, 4.69) is 22.0 Å². The van der Waals surface area contributed by atoms with E-state index < -0.39 is 21.9 Å². The Morgan fingerprint density at radius 3 is 2.30 bits per heavy atom. The highest BCUT2D eigenvalue weighted by Gasteiger charge is 2.58. The van der Waals surface area contributed by atoms with Crippen molar-refractivity contribution in [1.29, 1.82) is 0 Å². The molecule has 0 spiro atoms. The maximum Gasteiger partial charge on any atom is 0.243 e. The first kappa shape index (κ1) is 22.5. The molecule has 2 fully saturated rings. The van der Waals surface area contributed by atoms with Crippen LogP contribution in [-0.4, -0.2) is 43.0 Å². The number of anilines is 1. The maximum absolute atomic E-state index is 13.6. The van der Waals surface area contributed by atoms with Gasteiger partial charge >= 0.3 is 0 Å². The van der Waals surface area contributed by atoms with Crippen LogP contribution in [0.5, 0.6) is 0 Å². The number of hydrogen-bond acceptors (Lipinski definition) is 4. The molecule has 2 heterocycles. The van der Waals surface area contributed by atoms with Gasteiger partial charge in [0.1, 0.15) is 0 Å². The number of imide groups is 1. The fourth-order valence-corrected chi connectivity index (χ4v) is 7.45. The summed E-state index contributed by atoms with van der Waals surface area (Å²) in [7, 11) is -3.70. The molecule has 5 rings (SSSR count). The second-order valence-electron chi connectivity index (χ2n) is 9.00. The van der Waals surface area contributed by atoms with E-state index in [1.54, 1.807) is 36.4 Å². The first-order chi connectivity index (χ1) is 15.8. The largest absolute Gasteiger partial charge is 0.274 e. The van der Waals surface area contributed by atoms with Crippen molar-refractivity contribution in [3.05, 3.63) is 71.8 Å². The molecule has 3 aliphatic rings. The summed E-state index contributed by atoms with van der Waals surface area (Å²) in [6, 6.07) is 15.8. The number of alkyl halides is 1. The van der Waals surface area contributed by atoms with Crippen molar-refractivity contribution in [3.8, 4) is 0 Å². The minimum Gasteiger partial charge on any atom is -0.274 e. The van der Waals surface area contributed by atoms with E-state index >= 15 is 0 Å². The molecular formula is C25H25BrN2O4S. The predicted molar refractivity (Wildman–Crippen MR) is 129 cm³/mol. The summed E-state index contributed by atoms with van der Waals surface area (Å²) in [6.07, 6.45) is 2.78. The van der Waals surface area contributed by atoms with Crippen LogP contribution < -0.4 is 4.90 Å². The number of carbonyl (C=O) groups is 2. The lowest BCUT2D eigenvalue weighted by Crippen LogP contribution is -2.37. The molecule has 8 heteroatoms. The number of halogens is 1. The molecule has 0 unspecified atom stereocenters. The van der Waals surface area contributed by atoms with E-state index in [1.165, 1.54) is 9.21 Å². The van der Waals surface area contributed by atoms with Crippen molar-refractivity contribution in [1.82, 2.24) is 4.31 Å². The zero-order chi connectivity index (χ0) is 23.3. The Balaban J connectivity index is 1.51. The summed E-state index contributed by atoms with van der Waals surface area (Å²) in [5, 5.41) is 0.702. The number of para-hydroxylation sites is 1. The van der Waals surface area contributed by atoms with Crippen molar-refractivity contribution in [2.24, 2.45) is 23.7 Å². The third-order valence-electron chi connectivity index (χ3n) is 7.07. The number of rotatable bonds is 5. The van der Waals surface area contributed by atoms with E-state index in [1.807, 2.05) is 25.1 Å². The molecule has 2 aromatic carbocycles. The third kappa shape index (κ3) is 3.68. The lowest BCUT2D eigenvalue weighted by Gasteiger charge is -2.32. The van der Waals surface area contributed by atoms with Crippen molar-refractivity contribution in [2.75, 3.05) is 23.3 Å². The van der Waals surface area contributed by atoms with E-state index in [0.717, 1.165) is 11.1 Å². The molecule has 0 bridgehead atoms. The normalized spacial score (nSPS) is 27.5. The summed E-state index contributed by atoms with van der Waals surface area (Å²) in [5.74, 6) is -1.80. The maximum atomic E-state index is 13.6. The van der Waals surface area contributed by atoms with Crippen molar-refractivity contribution < 1.29 is 18.0 Å². The van der Waals surface area contributed by atoms with Crippen LogP contribution in [-0.2, 0) is 19.6 Å². The number of carbonyl (C=O) groups excluding carboxylic acids is 2. The summed E-state index contributed by atoms with van der Waals surface area (Å²) >= 11 is 3.48. The molecule has 0 N–H and O–H groups in total. The summed E-state index contributed by atoms with van der Waals surface area (Å²) in [5.41, 5.74) is 2.51. The average Bonchev–Trinajstić information content (AvgIpc) is 3.34. The topological polar surface area (TPSA) is 74.8 Å². The zero-order valence-electron chi connectivity index (χ0n) is 18.2. The number of allylic oxidation sites excluding steroid dienone is 1. The molecule has 0 radical (unpaired) electrons. The lowest BCUT2D eigenvalue weighted by atomic mass is 9.68. The van der Waals surface area contributed by atoms with Crippen LogP contribution in [0.1, 0.15) is 12.0 Å². The monoisotopic (exact) mass is 528 g/mol. The van der Waals surface area contributed by atoms with Gasteiger partial charge in [-0.05, 0) is 43.5 Å². The van der Waals surface area contributed by atoms with Gasteiger partial charge < -0.3 is 0 Å². The van der Waals surface area contributed by atoms with E-state index in [4.69, 9.17) is 0 Å². The first-order valence-electron chi connectivity index (χ1n) is 11.1. The van der Waals surface area contributed by atoms with Crippen LogP contribution in [0.4, 0.5) is 5.69 Å². The Labute approximate surface area is 202 Å². The van der Waals surface area contributed by atoms with Crippen LogP contribution >= 0.6 is 15.9 Å². The number of sulfonamides is 1. The highest BCUT2D eigenvalue weighted by molar-refractivity contribution is 9.09. The molecule has 0 aromatic heterocycles. The van der Waals surface area contributed by atoms with Crippen LogP contribution in [0.25, 0.3) is 0 Å². The van der Waals surface area contributed by atoms with Gasteiger partial charge in [-0.25, -0.2) is 8.42 Å². The number of nitrogens with zero attached hydrogens (tertiary/aromatic N) is 2. The fraction of sp³-hybridized carbons (Fsp3) is 0.360. The fourth-order valence-electron chi connectivity index (χ4n) is 5.47. The van der Waals surface area contributed by atoms with Crippen LogP contribution in [0.2, 0.25) is 0 Å². The highest BCUT2D eigenvalue weighted by atomic mass is 79.9. The number of hydrogen-bond donors (Lipinski definition) is 0. The third-order valence-corrected chi connectivity index (χ3v) is 9.36. The van der Waals surface area contributed by atoms with Gasteiger partial charge in [0.25, 0.3) is 0 Å². The van der Waals surface area contributed by atoms with Crippen molar-refractivity contribution in [3.63, 3.8) is 0 Å². The highest BCUT2D eigenvalue weighted by Crippen LogP contribution is 2.49. The second-order valence-corrected chi connectivity index (χ2v) is 11.7. The molecule has 2 aliphatic heterocycles. The smallest absolute Gasteiger partial charge is 0.243 e. The van der Waals surface area contributed by atoms with Gasteiger partial charge in [0.15, 0.2) is 0 Å². The van der Waals surface area contributed by atoms with E-state index in [0.29, 0.717) is 17.4 Å². The zero-order valence-corrected chi connectivity index (χ0v) is 20.6. The predicted octanol–water partition coefficient (Wildman–Crippen LogP) is 3.76. The molecule has 6 nitrogen and oxygen atoms in total. The molecule has 2 aromatic rings. The quantitative estimate of drug-likeness (QED) is 0.336. The van der Waals surface area contributed by atoms with Gasteiger partial charge in [-0.1, -0.05) is 63.5 Å². The Morgan fingerprint density at radius 1 is 0.970 bits per heavy atom. The standard InChI is InChI=1S/C25H25BrN2O4S/c1-16-7-9-20(10-8-16)33(31,32)27-14-18-13-17(11-12-26)22-23(21(18)15-27)25(30)28(24(22)29)19-5-3-2-4-6-19/h2-10,13,17,21-23H,11-12,14-15H2,1H3/t17-,21+,22-,23+/m1/s1. The second kappa shape index (κ2) is 8.49. The number of benzene rings is 2. The summed E-state index contributed by atoms with van der Waals surface area (Å²) < 4.78 is 28.2. The average molecular weight is 529 g/mol. The van der Waals surface area contributed by atoms with Crippen LogP contribution in [0.3, 0.4) is 0 Å². The molecule has 172 valence electrons. The van der Waals surface area contributed by atoms with Gasteiger partial charge in [-0.2, -0.15) is 4.31 Å². The Morgan fingerprint density at radius 2 is 1.64 bits per heavy atom. The number of fused-ring (bicyclic) bond motifs is 3. The molecule has 33 heavy (non-hydrogen) atoms. The van der Waals surface area contributed by atoms with Gasteiger partial charge in [-0.15, -0.1) is 0 Å². The lowest BCUT2D eigenvalue weighted by molar-refractivity contribution is -0.122. The number of amides is 2. The minimum atomic E-state index is -3.70. The molecule has 1 aliphatic carbocycles. The van der Waals surface area contributed by atoms with Gasteiger partial charge in [-0.3, -0.25) is 14.5 Å². The van der Waals surface area contributed by atoms with Gasteiger partial charge in [0, 0.05) is 24.3 Å². The summed E-state index contributed by atoms with van der Waals surface area (Å²) in [4.78, 5) is 28.7.